The van der Waals surface area contributed by atoms with Crippen LogP contribution in [0.2, 0.25) is 0 Å². The molecule has 1 saturated carbocycles. The van der Waals surface area contributed by atoms with Gasteiger partial charge in [0.1, 0.15) is 29.3 Å². The minimum Gasteiger partial charge on any atom is -0.381 e. The standard InChI is InChI=1S/C30H30N6OS.C29H34N6O2S.C29H34N6OS.C26H29N9OS/c1-3-36-28-22(19-25(29(36)37)27-14-13-26(38-27)21-7-5-4-6-8-21)20-31-30(33-28)32-23-9-11-24(12-10-23)35-17-15-34(2)16-18-35;1-3-35-27-21(17-24(28(35)36)26-11-10-25(38-26)20-5-4-16-37-19-20)18-30-29(32-27)31-22-6-8-23(9-7-22)34-14-12-33(2)13-15-34;1-3-35-27-21(18-24(28(35)36)26-13-12-25(37-26)20-6-4-5-7-20)19-30-29(32-27)31-22-8-10-23(11-9-22)34-16-14-33(2)15-17-34;1-3-35-24-17(14-20(25(35)36)21-8-9-22(37-21)23-28-16-29-32-23)15-27-26(31-24)30-18-4-6-19(7-5-18)34-12-10-33(2)11-13-34/h4-14,19-20H,3,15-18H2,1-2H3,(H,31,32,33);6-11,17-18,20H,3-5,12-16,19H2,1-2H3,(H,30,31,32);8-13,18-20H,3-7,14-17H2,1-2H3,(H,30,31,32);4-9,14-15,29H,3,10-13,16H2,1-2H3,(H,28,32)(H,27,30,31). The number of piperazine rings is 4. The van der Waals surface area contributed by atoms with E-state index in [-0.39, 0.29) is 22.2 Å². The zero-order valence-electron chi connectivity index (χ0n) is 86.1. The maximum absolute atomic E-state index is 13.5. The van der Waals surface area contributed by atoms with Gasteiger partial charge >= 0.3 is 0 Å². The molecule has 5 saturated heterocycles. The average Bonchev–Trinajstić information content (AvgIpc) is 1.30. The second kappa shape index (κ2) is 46.4. The topological polar surface area (TPSA) is 311 Å². The Labute approximate surface area is 887 Å². The van der Waals surface area contributed by atoms with Crippen LogP contribution in [0.4, 0.5) is 69.3 Å². The number of fused-ring (bicyclic) bond motifs is 4. The van der Waals surface area contributed by atoms with E-state index >= 15 is 0 Å². The molecule has 32 nitrogen and oxygen atoms in total. The number of likely N-dealkylation sites (N-methyl/N-ethyl adjacent to an activating group) is 4. The molecule has 150 heavy (non-hydrogen) atoms. The number of hydrazine groups is 1. The summed E-state index contributed by atoms with van der Waals surface area (Å²) in [6.07, 6.45) is 14.6. The molecule has 6 fully saturated rings. The van der Waals surface area contributed by atoms with E-state index in [4.69, 9.17) is 24.7 Å². The van der Waals surface area contributed by atoms with Crippen molar-refractivity contribution >= 4 is 165 Å². The minimum absolute atomic E-state index is 0.0102. The molecule has 0 radical (unpaired) electrons. The molecule has 17 aromatic rings. The van der Waals surface area contributed by atoms with Crippen LogP contribution in [0.5, 0.6) is 0 Å². The molecular weight excluding hydrogens is 1960 g/mol. The summed E-state index contributed by atoms with van der Waals surface area (Å²) in [6.45, 7) is 29.1. The summed E-state index contributed by atoms with van der Waals surface area (Å²) in [7, 11) is 8.66. The molecule has 1 atom stereocenters. The van der Waals surface area contributed by atoms with Gasteiger partial charge in [0.05, 0.1) is 33.7 Å². The monoisotopic (exact) mass is 2080 g/mol. The normalized spacial score (nSPS) is 16.5. The van der Waals surface area contributed by atoms with E-state index in [2.05, 4.69) is 252 Å². The fourth-order valence-electron chi connectivity index (χ4n) is 20.4. The highest BCUT2D eigenvalue weighted by Crippen LogP contribution is 2.43. The Morgan fingerprint density at radius 3 is 0.947 bits per heavy atom. The van der Waals surface area contributed by atoms with E-state index in [1.54, 1.807) is 64.7 Å². The predicted octanol–water partition coefficient (Wildman–Crippen LogP) is 19.2. The Morgan fingerprint density at radius 1 is 0.333 bits per heavy atom. The van der Waals surface area contributed by atoms with Gasteiger partial charge in [0.25, 0.3) is 22.2 Å². The van der Waals surface area contributed by atoms with Crippen LogP contribution in [0.3, 0.4) is 0 Å². The SMILES string of the molecule is CCn1c(=O)c(-c2ccc(-c3ccccc3)s2)cc2cnc(Nc3ccc(N4CCN(C)CC4)cc3)nc21.CCn1c(=O)c(-c2ccc(C3=NCNN3)s2)cc2cnc(Nc3ccc(N4CCN(C)CC4)cc3)nc21.CCn1c(=O)c(-c2ccc(C3CCCC3)s2)cc2cnc(Nc3ccc(N4CCN(C)CC4)cc3)nc21.CCn1c(=O)c(-c2ccc(C3CCCOC3)s2)cc2cnc(Nc3ccc(N4CCN(C)CC4)cc3)nc21. The van der Waals surface area contributed by atoms with Crippen LogP contribution in [-0.2, 0) is 30.9 Å². The van der Waals surface area contributed by atoms with Crippen LogP contribution >= 0.6 is 45.3 Å². The first-order valence-electron chi connectivity index (χ1n) is 52.3. The fraction of sp³-hybridized carbons (Fsp3) is 0.342. The molecule has 0 spiro atoms. The molecule has 772 valence electrons. The Kier molecular flexibility index (Phi) is 31.4. The average molecular weight is 2080 g/mol. The van der Waals surface area contributed by atoms with Crippen LogP contribution in [-0.4, -0.2) is 236 Å². The Hall–Kier alpha value is -14.3. The predicted molar refractivity (Wildman–Crippen MR) is 616 cm³/mol. The van der Waals surface area contributed by atoms with E-state index in [9.17, 15) is 19.2 Å². The summed E-state index contributed by atoms with van der Waals surface area (Å²) in [4.78, 5) is 123. The van der Waals surface area contributed by atoms with Gasteiger partial charge in [-0.2, -0.15) is 19.9 Å². The molecular formula is C114H127N27O5S4. The lowest BCUT2D eigenvalue weighted by Crippen LogP contribution is -2.44. The number of thiophene rings is 4. The number of anilines is 12. The first-order chi connectivity index (χ1) is 73.3. The molecule has 0 bridgehead atoms. The molecule has 12 aromatic heterocycles. The van der Waals surface area contributed by atoms with E-state index < -0.39 is 0 Å². The number of pyridine rings is 4. The molecule has 1 unspecified atom stereocenters. The third-order valence-corrected chi connectivity index (χ3v) is 34.1. The number of ether oxygens (including phenoxy) is 1. The van der Waals surface area contributed by atoms with Crippen LogP contribution in [0.25, 0.3) is 96.3 Å². The number of aliphatic imine (C=N–C) groups is 1. The Morgan fingerprint density at radius 2 is 0.633 bits per heavy atom. The van der Waals surface area contributed by atoms with Crippen LogP contribution in [0, 0.1) is 0 Å². The van der Waals surface area contributed by atoms with Crippen LogP contribution in [0.15, 0.2) is 249 Å². The highest BCUT2D eigenvalue weighted by Gasteiger charge is 2.28. The number of aryl methyl sites for hydroxylation is 4. The molecule has 0 amide bonds. The van der Waals surface area contributed by atoms with Gasteiger partial charge in [0.15, 0.2) is 5.84 Å². The van der Waals surface area contributed by atoms with Crippen LogP contribution in [0.1, 0.15) is 92.7 Å². The van der Waals surface area contributed by atoms with Gasteiger partial charge < -0.3 is 70.6 Å². The zero-order chi connectivity index (χ0) is 103. The first-order valence-corrected chi connectivity index (χ1v) is 55.5. The summed E-state index contributed by atoms with van der Waals surface area (Å²) in [5.74, 6) is 3.78. The van der Waals surface area contributed by atoms with Crippen molar-refractivity contribution in [2.24, 2.45) is 4.99 Å². The molecule has 36 heteroatoms. The van der Waals surface area contributed by atoms with Gasteiger partial charge in [-0.1, -0.05) is 43.2 Å². The number of amidine groups is 1. The van der Waals surface area contributed by atoms with Crippen molar-refractivity contribution in [1.29, 1.82) is 0 Å². The fourth-order valence-corrected chi connectivity index (χ4v) is 24.8. The lowest BCUT2D eigenvalue weighted by Gasteiger charge is -2.34. The number of nitrogens with zero attached hydrogens (tertiary/aromatic N) is 21. The molecule has 7 aliphatic rings. The number of aromatic nitrogens is 12. The largest absolute Gasteiger partial charge is 0.381 e. The first kappa shape index (κ1) is 102. The quantitative estimate of drug-likeness (QED) is 0.0327. The molecule has 6 aliphatic heterocycles. The smallest absolute Gasteiger partial charge is 0.260 e. The molecule has 24 rings (SSSR count). The summed E-state index contributed by atoms with van der Waals surface area (Å²) < 4.78 is 12.6. The molecule has 1 aliphatic carbocycles. The Bertz CT molecular complexity index is 7900. The number of benzene rings is 5. The van der Waals surface area contributed by atoms with Crippen molar-refractivity contribution in [2.45, 2.75) is 104 Å². The van der Waals surface area contributed by atoms with Gasteiger partial charge in [0, 0.05) is 269 Å². The minimum atomic E-state index is -0.0657. The van der Waals surface area contributed by atoms with Crippen molar-refractivity contribution < 1.29 is 4.74 Å². The zero-order valence-corrected chi connectivity index (χ0v) is 89.4. The second-order valence-electron chi connectivity index (χ2n) is 39.1. The number of rotatable bonds is 24. The van der Waals surface area contributed by atoms with Gasteiger partial charge in [-0.05, 0) is 263 Å². The summed E-state index contributed by atoms with van der Waals surface area (Å²) >= 11 is 6.63. The van der Waals surface area contributed by atoms with Crippen molar-refractivity contribution in [2.75, 3.05) is 194 Å². The summed E-state index contributed by atoms with van der Waals surface area (Å²) in [5.41, 5.74) is 20.9. The van der Waals surface area contributed by atoms with Crippen molar-refractivity contribution in [3.05, 3.63) is 281 Å². The molecule has 18 heterocycles. The number of hydrogen-bond acceptors (Lipinski definition) is 32. The van der Waals surface area contributed by atoms with E-state index in [1.165, 1.54) is 69.5 Å². The van der Waals surface area contributed by atoms with Gasteiger partial charge in [0.2, 0.25) is 23.8 Å². The van der Waals surface area contributed by atoms with E-state index in [0.717, 1.165) is 221 Å². The third-order valence-electron chi connectivity index (χ3n) is 29.2. The van der Waals surface area contributed by atoms with Crippen molar-refractivity contribution in [1.82, 2.24) is 88.6 Å². The highest BCUT2D eigenvalue weighted by molar-refractivity contribution is 7.19. The van der Waals surface area contributed by atoms with Gasteiger partial charge in [-0.25, -0.2) is 30.4 Å². The summed E-state index contributed by atoms with van der Waals surface area (Å²) in [6, 6.07) is 68.1. The van der Waals surface area contributed by atoms with Gasteiger partial charge in [-0.15, -0.1) is 45.3 Å². The summed E-state index contributed by atoms with van der Waals surface area (Å²) in [5, 5.41) is 16.6. The van der Waals surface area contributed by atoms with E-state index in [1.807, 2.05) is 113 Å². The number of hydrogen-bond donors (Lipinski definition) is 6. The lowest BCUT2D eigenvalue weighted by molar-refractivity contribution is 0.0814. The molecule has 6 N–H and O–H groups in total. The van der Waals surface area contributed by atoms with E-state index in [0.29, 0.717) is 108 Å². The Balaban J connectivity index is 0.000000117. The van der Waals surface area contributed by atoms with Crippen LogP contribution < -0.4 is 74.0 Å². The second-order valence-corrected chi connectivity index (χ2v) is 43.5. The maximum atomic E-state index is 13.5. The lowest BCUT2D eigenvalue weighted by atomic mass is 10.0. The van der Waals surface area contributed by atoms with Crippen molar-refractivity contribution in [3.8, 4) is 52.2 Å². The van der Waals surface area contributed by atoms with Gasteiger partial charge in [-0.3, -0.25) is 37.4 Å². The number of nitrogens with one attached hydrogen (secondary N) is 6. The van der Waals surface area contributed by atoms with Crippen molar-refractivity contribution in [3.63, 3.8) is 0 Å². The third kappa shape index (κ3) is 23.0. The maximum Gasteiger partial charge on any atom is 0.260 e. The molecule has 5 aromatic carbocycles. The highest BCUT2D eigenvalue weighted by atomic mass is 32.1.